The summed E-state index contributed by atoms with van der Waals surface area (Å²) in [4.78, 5) is 12.1. The fourth-order valence-electron chi connectivity index (χ4n) is 2.66. The first-order chi connectivity index (χ1) is 11.9. The monoisotopic (exact) mass is 365 g/mol. The molecule has 2 rings (SSSR count). The zero-order chi connectivity index (χ0) is 18.4. The number of thioether (sulfide) groups is 1. The Morgan fingerprint density at radius 2 is 2.08 bits per heavy atom. The summed E-state index contributed by atoms with van der Waals surface area (Å²) in [5.41, 5.74) is 1.65. The second-order valence-electron chi connectivity index (χ2n) is 6.54. The van der Waals surface area contributed by atoms with Gasteiger partial charge in [-0.25, -0.2) is 0 Å². The number of nitrogens with one attached hydrogen (secondary N) is 1. The predicted octanol–water partition coefficient (Wildman–Crippen LogP) is 2.55. The molecule has 0 atom stereocenters. The number of hydrogen-bond donors (Lipinski definition) is 1. The first-order valence-corrected chi connectivity index (χ1v) is 9.79. The summed E-state index contributed by atoms with van der Waals surface area (Å²) in [6, 6.07) is 0. The van der Waals surface area contributed by atoms with Crippen LogP contribution in [0.2, 0.25) is 0 Å². The van der Waals surface area contributed by atoms with E-state index >= 15 is 0 Å². The van der Waals surface area contributed by atoms with Crippen molar-refractivity contribution < 1.29 is 9.32 Å². The minimum Gasteiger partial charge on any atom is -0.361 e. The molecule has 0 unspecified atom stereocenters. The standard InChI is InChI=1S/C17H27N5O2S/c1-11(2)10-22-15(19-20-17(22)25-5)7-6-8-18-16(23)9-14-12(3)21-24-13(14)4/h11H,6-10H2,1-5H3,(H,18,23). The number of nitrogens with zero attached hydrogens (tertiary/aromatic N) is 4. The van der Waals surface area contributed by atoms with Crippen LogP contribution in [0.25, 0.3) is 0 Å². The van der Waals surface area contributed by atoms with Crippen molar-refractivity contribution in [3.63, 3.8) is 0 Å². The fraction of sp³-hybridized carbons (Fsp3) is 0.647. The van der Waals surface area contributed by atoms with Crippen LogP contribution in [0.3, 0.4) is 0 Å². The Kier molecular flexibility index (Phi) is 7.04. The van der Waals surface area contributed by atoms with E-state index in [1.165, 1.54) is 0 Å². The van der Waals surface area contributed by atoms with Gasteiger partial charge in [0.15, 0.2) is 5.16 Å². The van der Waals surface area contributed by atoms with Crippen LogP contribution in [0.15, 0.2) is 9.68 Å². The van der Waals surface area contributed by atoms with E-state index in [1.54, 1.807) is 11.8 Å². The van der Waals surface area contributed by atoms with Gasteiger partial charge in [0.25, 0.3) is 0 Å². The summed E-state index contributed by atoms with van der Waals surface area (Å²) < 4.78 is 7.27. The third-order valence-electron chi connectivity index (χ3n) is 3.94. The van der Waals surface area contributed by atoms with Gasteiger partial charge in [0, 0.05) is 25.1 Å². The van der Waals surface area contributed by atoms with E-state index in [9.17, 15) is 4.79 Å². The Labute approximate surface area is 152 Å². The highest BCUT2D eigenvalue weighted by atomic mass is 32.2. The predicted molar refractivity (Wildman–Crippen MR) is 97.7 cm³/mol. The number of carbonyl (C=O) groups excluding carboxylic acids is 1. The summed E-state index contributed by atoms with van der Waals surface area (Å²) in [7, 11) is 0. The zero-order valence-corrected chi connectivity index (χ0v) is 16.4. The number of aromatic nitrogens is 4. The summed E-state index contributed by atoms with van der Waals surface area (Å²) >= 11 is 1.61. The van der Waals surface area contributed by atoms with Gasteiger partial charge in [0.1, 0.15) is 11.6 Å². The first-order valence-electron chi connectivity index (χ1n) is 8.56. The number of rotatable bonds is 9. The van der Waals surface area contributed by atoms with Gasteiger partial charge in [-0.15, -0.1) is 10.2 Å². The van der Waals surface area contributed by atoms with Crippen LogP contribution in [0.5, 0.6) is 0 Å². The van der Waals surface area contributed by atoms with Crippen molar-refractivity contribution in [2.45, 2.75) is 58.7 Å². The molecule has 0 aromatic carbocycles. The Morgan fingerprint density at radius 1 is 1.32 bits per heavy atom. The lowest BCUT2D eigenvalue weighted by atomic mass is 10.1. The van der Waals surface area contributed by atoms with Crippen LogP contribution in [0, 0.1) is 19.8 Å². The average Bonchev–Trinajstić information content (AvgIpc) is 3.08. The Bertz CT molecular complexity index is 688. The Morgan fingerprint density at radius 3 is 2.68 bits per heavy atom. The lowest BCUT2D eigenvalue weighted by Crippen LogP contribution is -2.27. The van der Waals surface area contributed by atoms with Crippen LogP contribution >= 0.6 is 11.8 Å². The molecule has 138 valence electrons. The highest BCUT2D eigenvalue weighted by molar-refractivity contribution is 7.98. The molecule has 1 N–H and O–H groups in total. The minimum absolute atomic E-state index is 0.0112. The first kappa shape index (κ1) is 19.5. The van der Waals surface area contributed by atoms with Crippen molar-refractivity contribution in [1.82, 2.24) is 25.2 Å². The Hall–Kier alpha value is -1.83. The van der Waals surface area contributed by atoms with Crippen molar-refractivity contribution in [2.75, 3.05) is 12.8 Å². The third kappa shape index (κ3) is 5.32. The number of hydrogen-bond acceptors (Lipinski definition) is 6. The van der Waals surface area contributed by atoms with E-state index in [4.69, 9.17) is 4.52 Å². The van der Waals surface area contributed by atoms with E-state index in [0.717, 1.165) is 41.6 Å². The van der Waals surface area contributed by atoms with E-state index < -0.39 is 0 Å². The number of amides is 1. The second-order valence-corrected chi connectivity index (χ2v) is 7.31. The third-order valence-corrected chi connectivity index (χ3v) is 4.61. The molecular formula is C17H27N5O2S. The molecule has 0 aliphatic carbocycles. The molecule has 0 radical (unpaired) electrons. The van der Waals surface area contributed by atoms with E-state index in [1.807, 2.05) is 20.1 Å². The van der Waals surface area contributed by atoms with Crippen molar-refractivity contribution in [3.8, 4) is 0 Å². The normalized spacial score (nSPS) is 11.3. The van der Waals surface area contributed by atoms with Gasteiger partial charge in [0.05, 0.1) is 12.1 Å². The summed E-state index contributed by atoms with van der Waals surface area (Å²) in [6.45, 7) is 9.57. The van der Waals surface area contributed by atoms with Crippen LogP contribution < -0.4 is 5.32 Å². The van der Waals surface area contributed by atoms with E-state index in [2.05, 4.69) is 39.1 Å². The minimum atomic E-state index is -0.0112. The van der Waals surface area contributed by atoms with Gasteiger partial charge in [-0.05, 0) is 32.4 Å². The SMILES string of the molecule is CSc1nnc(CCCNC(=O)Cc2c(C)noc2C)n1CC(C)C. The van der Waals surface area contributed by atoms with Crippen LogP contribution in [-0.4, -0.2) is 38.6 Å². The largest absolute Gasteiger partial charge is 0.361 e. The van der Waals surface area contributed by atoms with Gasteiger partial charge in [-0.1, -0.05) is 30.8 Å². The molecule has 7 nitrogen and oxygen atoms in total. The molecule has 0 saturated carbocycles. The maximum atomic E-state index is 12.1. The number of carbonyl (C=O) groups is 1. The highest BCUT2D eigenvalue weighted by Crippen LogP contribution is 2.17. The number of aryl methyl sites for hydroxylation is 3. The summed E-state index contributed by atoms with van der Waals surface area (Å²) in [5.74, 6) is 2.22. The van der Waals surface area contributed by atoms with Gasteiger partial charge < -0.3 is 14.4 Å². The highest BCUT2D eigenvalue weighted by Gasteiger charge is 2.14. The van der Waals surface area contributed by atoms with Crippen molar-refractivity contribution >= 4 is 17.7 Å². The molecule has 25 heavy (non-hydrogen) atoms. The van der Waals surface area contributed by atoms with Crippen molar-refractivity contribution in [1.29, 1.82) is 0 Å². The maximum Gasteiger partial charge on any atom is 0.224 e. The topological polar surface area (TPSA) is 85.8 Å². The van der Waals surface area contributed by atoms with E-state index in [-0.39, 0.29) is 5.91 Å². The molecule has 0 aliphatic heterocycles. The molecule has 8 heteroatoms. The van der Waals surface area contributed by atoms with Crippen LogP contribution in [0.4, 0.5) is 0 Å². The lowest BCUT2D eigenvalue weighted by Gasteiger charge is -2.11. The summed E-state index contributed by atoms with van der Waals surface area (Å²) in [6.07, 6.45) is 3.95. The lowest BCUT2D eigenvalue weighted by molar-refractivity contribution is -0.120. The van der Waals surface area contributed by atoms with Gasteiger partial charge in [-0.2, -0.15) is 0 Å². The van der Waals surface area contributed by atoms with Crippen molar-refractivity contribution in [2.24, 2.45) is 5.92 Å². The maximum absolute atomic E-state index is 12.1. The second kappa shape index (κ2) is 9.03. The average molecular weight is 366 g/mol. The van der Waals surface area contributed by atoms with Gasteiger partial charge in [-0.3, -0.25) is 4.79 Å². The quantitative estimate of drug-likeness (QED) is 0.543. The van der Waals surface area contributed by atoms with E-state index in [0.29, 0.717) is 24.6 Å². The molecular weight excluding hydrogens is 338 g/mol. The van der Waals surface area contributed by atoms with Gasteiger partial charge in [0.2, 0.25) is 5.91 Å². The van der Waals surface area contributed by atoms with Crippen LogP contribution in [-0.2, 0) is 24.2 Å². The summed E-state index contributed by atoms with van der Waals surface area (Å²) in [5, 5.41) is 16.3. The molecule has 0 bridgehead atoms. The fourth-order valence-corrected chi connectivity index (χ4v) is 3.18. The van der Waals surface area contributed by atoms with Gasteiger partial charge >= 0.3 is 0 Å². The molecule has 0 fully saturated rings. The molecule has 1 amide bonds. The Balaban J connectivity index is 1.81. The molecule has 2 aromatic heterocycles. The molecule has 0 aliphatic rings. The molecule has 0 saturated heterocycles. The zero-order valence-electron chi connectivity index (χ0n) is 15.6. The molecule has 2 heterocycles. The smallest absolute Gasteiger partial charge is 0.224 e. The van der Waals surface area contributed by atoms with Crippen LogP contribution in [0.1, 0.15) is 43.1 Å². The van der Waals surface area contributed by atoms with Crippen molar-refractivity contribution in [3.05, 3.63) is 22.8 Å². The molecule has 0 spiro atoms. The molecule has 2 aromatic rings.